The van der Waals surface area contributed by atoms with Crippen molar-refractivity contribution in [3.05, 3.63) is 29.8 Å². The maximum absolute atomic E-state index is 11.2. The number of Topliss-reactive ketones (excluding diaryl/α,β-unsaturated/α-hetero) is 1. The zero-order valence-corrected chi connectivity index (χ0v) is 7.89. The van der Waals surface area contributed by atoms with Crippen LogP contribution in [-0.4, -0.2) is 20.7 Å². The lowest BCUT2D eigenvalue weighted by atomic mass is 10.3. The second-order valence-electron chi connectivity index (χ2n) is 2.98. The fourth-order valence-electron chi connectivity index (χ4n) is 1.21. The van der Waals surface area contributed by atoms with Crippen molar-refractivity contribution < 1.29 is 9.32 Å². The molecule has 0 amide bonds. The van der Waals surface area contributed by atoms with Crippen LogP contribution in [0.2, 0.25) is 0 Å². The highest BCUT2D eigenvalue weighted by Crippen LogP contribution is 2.10. The molecule has 72 valence electrons. The summed E-state index contributed by atoms with van der Waals surface area (Å²) >= 11 is 0. The first-order chi connectivity index (χ1) is 6.68. The zero-order valence-electron chi connectivity index (χ0n) is 7.89. The van der Waals surface area contributed by atoms with Gasteiger partial charge in [0.05, 0.1) is 6.20 Å². The van der Waals surface area contributed by atoms with E-state index in [9.17, 15) is 4.79 Å². The molecule has 2 rings (SSSR count). The highest BCUT2D eigenvalue weighted by molar-refractivity contribution is 5.92. The summed E-state index contributed by atoms with van der Waals surface area (Å²) in [4.78, 5) is 11.2. The summed E-state index contributed by atoms with van der Waals surface area (Å²) in [6, 6.07) is 3.37. The smallest absolute Gasteiger partial charge is 0.197 e. The number of carbonyl (C=O) groups is 1. The highest BCUT2D eigenvalue weighted by atomic mass is 16.5. The van der Waals surface area contributed by atoms with Gasteiger partial charge in [0.15, 0.2) is 11.6 Å². The molecule has 0 radical (unpaired) electrons. The van der Waals surface area contributed by atoms with Gasteiger partial charge in [-0.1, -0.05) is 5.16 Å². The van der Waals surface area contributed by atoms with Crippen molar-refractivity contribution in [1.82, 2.24) is 14.9 Å². The van der Waals surface area contributed by atoms with Gasteiger partial charge in [-0.05, 0) is 13.0 Å². The molecular weight excluding hydrogens is 182 g/mol. The number of rotatable bonds is 2. The normalized spacial score (nSPS) is 10.4. The Kier molecular flexibility index (Phi) is 1.92. The second kappa shape index (κ2) is 3.10. The number of nitrogens with zero attached hydrogens (tertiary/aromatic N) is 3. The molecule has 0 saturated heterocycles. The van der Waals surface area contributed by atoms with Crippen molar-refractivity contribution in [2.75, 3.05) is 0 Å². The van der Waals surface area contributed by atoms with Gasteiger partial charge >= 0.3 is 0 Å². The third-order valence-corrected chi connectivity index (χ3v) is 1.84. The summed E-state index contributed by atoms with van der Waals surface area (Å²) in [5, 5.41) is 7.77. The first-order valence-electron chi connectivity index (χ1n) is 4.17. The van der Waals surface area contributed by atoms with Crippen molar-refractivity contribution in [2.24, 2.45) is 0 Å². The molecule has 0 aliphatic carbocycles. The first-order valence-corrected chi connectivity index (χ1v) is 4.17. The molecule has 0 aromatic carbocycles. The van der Waals surface area contributed by atoms with Gasteiger partial charge in [-0.3, -0.25) is 4.79 Å². The van der Waals surface area contributed by atoms with Gasteiger partial charge in [0.1, 0.15) is 11.5 Å². The minimum absolute atomic E-state index is 0.0526. The Bertz CT molecular complexity index is 470. The fourth-order valence-corrected chi connectivity index (χ4v) is 1.21. The van der Waals surface area contributed by atoms with Crippen molar-refractivity contribution in [3.8, 4) is 5.82 Å². The molecule has 5 heteroatoms. The molecule has 0 fully saturated rings. The van der Waals surface area contributed by atoms with Gasteiger partial charge in [-0.25, -0.2) is 4.68 Å². The predicted octanol–water partition coefficient (Wildman–Crippen LogP) is 1.37. The van der Waals surface area contributed by atoms with Crippen LogP contribution in [0.5, 0.6) is 0 Å². The van der Waals surface area contributed by atoms with Crippen LogP contribution in [0.4, 0.5) is 0 Å². The van der Waals surface area contributed by atoms with Crippen LogP contribution in [0.3, 0.4) is 0 Å². The van der Waals surface area contributed by atoms with Gasteiger partial charge < -0.3 is 4.52 Å². The van der Waals surface area contributed by atoms with Crippen LogP contribution >= 0.6 is 0 Å². The van der Waals surface area contributed by atoms with Gasteiger partial charge in [0.25, 0.3) is 0 Å². The molecule has 0 spiro atoms. The molecule has 2 heterocycles. The number of hydrogen-bond acceptors (Lipinski definition) is 4. The Morgan fingerprint density at radius 1 is 1.57 bits per heavy atom. The Balaban J connectivity index is 2.51. The predicted molar refractivity (Wildman–Crippen MR) is 48.4 cm³/mol. The number of aryl methyl sites for hydroxylation is 1. The molecular formula is C9H9N3O2. The zero-order chi connectivity index (χ0) is 10.1. The maximum Gasteiger partial charge on any atom is 0.197 e. The summed E-state index contributed by atoms with van der Waals surface area (Å²) in [5.74, 6) is 1.16. The highest BCUT2D eigenvalue weighted by Gasteiger charge is 2.11. The summed E-state index contributed by atoms with van der Waals surface area (Å²) in [7, 11) is 0. The van der Waals surface area contributed by atoms with E-state index in [1.165, 1.54) is 11.6 Å². The van der Waals surface area contributed by atoms with E-state index in [2.05, 4.69) is 10.3 Å². The molecule has 0 aliphatic rings. The van der Waals surface area contributed by atoms with Crippen LogP contribution in [-0.2, 0) is 0 Å². The third-order valence-electron chi connectivity index (χ3n) is 1.84. The monoisotopic (exact) mass is 191 g/mol. The van der Waals surface area contributed by atoms with Gasteiger partial charge in [-0.15, -0.1) is 0 Å². The van der Waals surface area contributed by atoms with Crippen LogP contribution in [0.1, 0.15) is 23.2 Å². The van der Waals surface area contributed by atoms with E-state index in [1.807, 2.05) is 0 Å². The minimum atomic E-state index is -0.0526. The van der Waals surface area contributed by atoms with Crippen LogP contribution in [0.15, 0.2) is 22.9 Å². The Morgan fingerprint density at radius 3 is 2.93 bits per heavy atom. The Morgan fingerprint density at radius 2 is 2.36 bits per heavy atom. The Hall–Kier alpha value is -1.91. The van der Waals surface area contributed by atoms with Crippen molar-refractivity contribution in [3.63, 3.8) is 0 Å². The van der Waals surface area contributed by atoms with E-state index in [1.54, 1.807) is 25.3 Å². The van der Waals surface area contributed by atoms with Gasteiger partial charge in [0.2, 0.25) is 0 Å². The van der Waals surface area contributed by atoms with Crippen LogP contribution < -0.4 is 0 Å². The molecule has 0 atom stereocenters. The fraction of sp³-hybridized carbons (Fsp3) is 0.222. The maximum atomic E-state index is 11.2. The second-order valence-corrected chi connectivity index (χ2v) is 2.98. The average molecular weight is 191 g/mol. The molecule has 0 unspecified atom stereocenters. The molecule has 0 bridgehead atoms. The number of ketones is 1. The average Bonchev–Trinajstić information content (AvgIpc) is 2.70. The molecule has 2 aromatic rings. The van der Waals surface area contributed by atoms with Gasteiger partial charge in [-0.2, -0.15) is 5.10 Å². The lowest BCUT2D eigenvalue weighted by Crippen LogP contribution is -2.05. The van der Waals surface area contributed by atoms with E-state index >= 15 is 0 Å². The van der Waals surface area contributed by atoms with Crippen LogP contribution in [0, 0.1) is 6.92 Å². The van der Waals surface area contributed by atoms with Crippen molar-refractivity contribution >= 4 is 5.78 Å². The van der Waals surface area contributed by atoms with Crippen molar-refractivity contribution in [1.29, 1.82) is 0 Å². The Labute approximate surface area is 80.3 Å². The summed E-state index contributed by atoms with van der Waals surface area (Å²) in [5.41, 5.74) is 0.498. The molecule has 0 saturated carbocycles. The van der Waals surface area contributed by atoms with E-state index in [4.69, 9.17) is 4.52 Å². The van der Waals surface area contributed by atoms with Crippen molar-refractivity contribution in [2.45, 2.75) is 13.8 Å². The van der Waals surface area contributed by atoms with E-state index in [0.717, 1.165) is 0 Å². The van der Waals surface area contributed by atoms with E-state index < -0.39 is 0 Å². The summed E-state index contributed by atoms with van der Waals surface area (Å²) in [6.45, 7) is 3.27. The first kappa shape index (κ1) is 8.68. The minimum Gasteiger partial charge on any atom is -0.359 e. The quantitative estimate of drug-likeness (QED) is 0.672. The summed E-state index contributed by atoms with van der Waals surface area (Å²) < 4.78 is 6.36. The molecule has 5 nitrogen and oxygen atoms in total. The SMILES string of the molecule is CC(=O)c1ccnn1-c1cc(C)on1. The van der Waals surface area contributed by atoms with Crippen LogP contribution in [0.25, 0.3) is 5.82 Å². The number of carbonyl (C=O) groups excluding carboxylic acids is 1. The molecule has 0 N–H and O–H groups in total. The topological polar surface area (TPSA) is 60.9 Å². The summed E-state index contributed by atoms with van der Waals surface area (Å²) in [6.07, 6.45) is 1.56. The number of aromatic nitrogens is 3. The number of hydrogen-bond donors (Lipinski definition) is 0. The lowest BCUT2D eigenvalue weighted by Gasteiger charge is -1.97. The molecule has 2 aromatic heterocycles. The largest absolute Gasteiger partial charge is 0.359 e. The standard InChI is InChI=1S/C9H9N3O2/c1-6-5-9(11-14-6)12-8(7(2)13)3-4-10-12/h3-5H,1-2H3. The van der Waals surface area contributed by atoms with Gasteiger partial charge in [0, 0.05) is 13.0 Å². The third kappa shape index (κ3) is 1.32. The molecule has 14 heavy (non-hydrogen) atoms. The van der Waals surface area contributed by atoms with E-state index in [-0.39, 0.29) is 5.78 Å². The lowest BCUT2D eigenvalue weighted by molar-refractivity contribution is 0.101. The van der Waals surface area contributed by atoms with E-state index in [0.29, 0.717) is 17.3 Å². The molecule has 0 aliphatic heterocycles.